The second-order valence-electron chi connectivity index (χ2n) is 6.88. The van der Waals surface area contributed by atoms with E-state index in [4.69, 9.17) is 31.4 Å². The number of carboxylic acids is 1. The lowest BCUT2D eigenvalue weighted by molar-refractivity contribution is -0.137. The Hall–Kier alpha value is -2.38. The van der Waals surface area contributed by atoms with Crippen LogP contribution in [0.25, 0.3) is 10.2 Å². The summed E-state index contributed by atoms with van der Waals surface area (Å²) >= 11 is 7.89. The van der Waals surface area contributed by atoms with E-state index in [1.54, 1.807) is 18.4 Å². The molecule has 0 spiro atoms. The molecule has 3 aromatic rings. The van der Waals surface area contributed by atoms with Gasteiger partial charge < -0.3 is 15.2 Å². The fourth-order valence-corrected chi connectivity index (χ4v) is 4.43. The van der Waals surface area contributed by atoms with E-state index in [-0.39, 0.29) is 6.42 Å². The highest BCUT2D eigenvalue weighted by Crippen LogP contribution is 2.34. The average molecular weight is 434 g/mol. The van der Waals surface area contributed by atoms with Crippen LogP contribution in [0.1, 0.15) is 41.1 Å². The zero-order valence-electron chi connectivity index (χ0n) is 16.7. The van der Waals surface area contributed by atoms with Crippen LogP contribution in [0.2, 0.25) is 5.02 Å². The van der Waals surface area contributed by atoms with Gasteiger partial charge in [0.2, 0.25) is 0 Å². The van der Waals surface area contributed by atoms with Crippen molar-refractivity contribution in [1.82, 2.24) is 9.97 Å². The summed E-state index contributed by atoms with van der Waals surface area (Å²) in [7, 11) is 1.59. The molecule has 8 heteroatoms. The molecule has 0 radical (unpaired) electrons. The molecule has 2 aromatic heterocycles. The van der Waals surface area contributed by atoms with E-state index in [2.05, 4.69) is 19.2 Å². The number of methoxy groups -OCH3 is 1. The van der Waals surface area contributed by atoms with Gasteiger partial charge in [-0.15, -0.1) is 11.3 Å². The molecule has 0 aliphatic carbocycles. The fourth-order valence-electron chi connectivity index (χ4n) is 3.10. The van der Waals surface area contributed by atoms with Crippen LogP contribution in [0.3, 0.4) is 0 Å². The molecule has 29 heavy (non-hydrogen) atoms. The van der Waals surface area contributed by atoms with Crippen LogP contribution in [0.5, 0.6) is 5.75 Å². The second-order valence-corrected chi connectivity index (χ2v) is 8.49. The molecule has 1 aromatic carbocycles. The SMILES string of the molecule is COc1ccc(CNc2nc(CCCCC(=O)O)nc3sc(C)c(C)c23)cc1Cl. The van der Waals surface area contributed by atoms with Gasteiger partial charge in [-0.25, -0.2) is 9.97 Å². The average Bonchev–Trinajstić information content (AvgIpc) is 2.97. The van der Waals surface area contributed by atoms with Crippen molar-refractivity contribution >= 4 is 44.9 Å². The number of ether oxygens (including phenoxy) is 1. The van der Waals surface area contributed by atoms with Gasteiger partial charge in [-0.3, -0.25) is 4.79 Å². The Morgan fingerprint density at radius 3 is 2.76 bits per heavy atom. The van der Waals surface area contributed by atoms with Crippen LogP contribution in [0.4, 0.5) is 5.82 Å². The largest absolute Gasteiger partial charge is 0.495 e. The lowest BCUT2D eigenvalue weighted by atomic mass is 10.1. The third kappa shape index (κ3) is 5.16. The molecule has 0 atom stereocenters. The molecule has 0 aliphatic heterocycles. The number of unbranched alkanes of at least 4 members (excludes halogenated alkanes) is 1. The van der Waals surface area contributed by atoms with Crippen molar-refractivity contribution in [3.8, 4) is 5.75 Å². The number of aromatic nitrogens is 2. The number of fused-ring (bicyclic) bond motifs is 1. The van der Waals surface area contributed by atoms with Gasteiger partial charge >= 0.3 is 5.97 Å². The molecule has 154 valence electrons. The zero-order valence-corrected chi connectivity index (χ0v) is 18.3. The molecule has 0 amide bonds. The number of aryl methyl sites for hydroxylation is 3. The number of carboxylic acid groups (broad SMARTS) is 1. The number of hydrogen-bond donors (Lipinski definition) is 2. The minimum Gasteiger partial charge on any atom is -0.495 e. The number of benzene rings is 1. The maximum Gasteiger partial charge on any atom is 0.303 e. The number of aliphatic carboxylic acids is 1. The zero-order chi connectivity index (χ0) is 21.0. The molecule has 3 rings (SSSR count). The minimum absolute atomic E-state index is 0.169. The molecule has 2 N–H and O–H groups in total. The second kappa shape index (κ2) is 9.41. The van der Waals surface area contributed by atoms with Crippen molar-refractivity contribution in [2.24, 2.45) is 0 Å². The Morgan fingerprint density at radius 2 is 2.07 bits per heavy atom. The number of halogens is 1. The topological polar surface area (TPSA) is 84.3 Å². The Kier molecular flexibility index (Phi) is 6.92. The summed E-state index contributed by atoms with van der Waals surface area (Å²) in [6.07, 6.45) is 2.19. The van der Waals surface area contributed by atoms with Gasteiger partial charge in [0.05, 0.1) is 17.5 Å². The molecule has 0 unspecified atom stereocenters. The van der Waals surface area contributed by atoms with Crippen LogP contribution < -0.4 is 10.1 Å². The predicted molar refractivity (Wildman–Crippen MR) is 117 cm³/mol. The number of anilines is 1. The molecule has 0 aliphatic rings. The van der Waals surface area contributed by atoms with Gasteiger partial charge in [0.15, 0.2) is 0 Å². The highest BCUT2D eigenvalue weighted by atomic mass is 35.5. The quantitative estimate of drug-likeness (QED) is 0.441. The molecule has 0 bridgehead atoms. The third-order valence-electron chi connectivity index (χ3n) is 4.79. The smallest absolute Gasteiger partial charge is 0.303 e. The first kappa shape index (κ1) is 21.3. The Morgan fingerprint density at radius 1 is 1.28 bits per heavy atom. The molecule has 6 nitrogen and oxygen atoms in total. The highest BCUT2D eigenvalue weighted by molar-refractivity contribution is 7.18. The Balaban J connectivity index is 1.82. The molecule has 0 saturated heterocycles. The summed E-state index contributed by atoms with van der Waals surface area (Å²) < 4.78 is 5.21. The Labute approximate surface area is 178 Å². The van der Waals surface area contributed by atoms with E-state index in [1.807, 2.05) is 18.2 Å². The maximum atomic E-state index is 10.7. The standard InChI is InChI=1S/C21H24ClN3O3S/c1-12-13(2)29-21-19(12)20(24-17(25-21)6-4-5-7-18(26)27)23-11-14-8-9-16(28-3)15(22)10-14/h8-10H,4-7,11H2,1-3H3,(H,26,27)(H,23,24,25). The van der Waals surface area contributed by atoms with Crippen LogP contribution in [-0.2, 0) is 17.8 Å². The summed E-state index contributed by atoms with van der Waals surface area (Å²) in [5, 5.41) is 13.9. The number of thiophene rings is 1. The number of carbonyl (C=O) groups is 1. The Bertz CT molecular complexity index is 1040. The van der Waals surface area contributed by atoms with Crippen LogP contribution in [0.15, 0.2) is 18.2 Å². The summed E-state index contributed by atoms with van der Waals surface area (Å²) in [5.41, 5.74) is 2.20. The first-order valence-electron chi connectivity index (χ1n) is 9.43. The van der Waals surface area contributed by atoms with Crippen molar-refractivity contribution in [3.63, 3.8) is 0 Å². The van der Waals surface area contributed by atoms with Crippen molar-refractivity contribution in [1.29, 1.82) is 0 Å². The van der Waals surface area contributed by atoms with E-state index >= 15 is 0 Å². The van der Waals surface area contributed by atoms with E-state index in [0.717, 1.165) is 33.8 Å². The van der Waals surface area contributed by atoms with Crippen LogP contribution in [-0.4, -0.2) is 28.2 Å². The van der Waals surface area contributed by atoms with Crippen molar-refractivity contribution in [2.45, 2.75) is 46.1 Å². The summed E-state index contributed by atoms with van der Waals surface area (Å²) in [6, 6.07) is 5.70. The monoisotopic (exact) mass is 433 g/mol. The number of nitrogens with zero attached hydrogens (tertiary/aromatic N) is 2. The molecular formula is C21H24ClN3O3S. The maximum absolute atomic E-state index is 10.7. The summed E-state index contributed by atoms with van der Waals surface area (Å²) in [5.74, 6) is 1.41. The van der Waals surface area contributed by atoms with E-state index < -0.39 is 5.97 Å². The molecule has 0 fully saturated rings. The number of rotatable bonds is 9. The van der Waals surface area contributed by atoms with Gasteiger partial charge in [-0.1, -0.05) is 17.7 Å². The van der Waals surface area contributed by atoms with Crippen molar-refractivity contribution in [3.05, 3.63) is 45.1 Å². The fraction of sp³-hybridized carbons (Fsp3) is 0.381. The minimum atomic E-state index is -0.772. The van der Waals surface area contributed by atoms with Crippen molar-refractivity contribution < 1.29 is 14.6 Å². The molecule has 0 saturated carbocycles. The molecule has 2 heterocycles. The first-order chi connectivity index (χ1) is 13.9. The van der Waals surface area contributed by atoms with Crippen LogP contribution in [0, 0.1) is 13.8 Å². The number of nitrogens with one attached hydrogen (secondary N) is 1. The van der Waals surface area contributed by atoms with Gasteiger partial charge in [-0.2, -0.15) is 0 Å². The van der Waals surface area contributed by atoms with E-state index in [1.165, 1.54) is 10.4 Å². The predicted octanol–water partition coefficient (Wildman–Crippen LogP) is 5.38. The summed E-state index contributed by atoms with van der Waals surface area (Å²) in [4.78, 5) is 22.3. The van der Waals surface area contributed by atoms with Gasteiger partial charge in [0.1, 0.15) is 22.2 Å². The van der Waals surface area contributed by atoms with Crippen LogP contribution >= 0.6 is 22.9 Å². The van der Waals surface area contributed by atoms with Gasteiger partial charge in [0, 0.05) is 24.3 Å². The third-order valence-corrected chi connectivity index (χ3v) is 6.19. The normalized spacial score (nSPS) is 11.0. The first-order valence-corrected chi connectivity index (χ1v) is 10.6. The van der Waals surface area contributed by atoms with Crippen molar-refractivity contribution in [2.75, 3.05) is 12.4 Å². The molecular weight excluding hydrogens is 410 g/mol. The van der Waals surface area contributed by atoms with Gasteiger partial charge in [-0.05, 0) is 49.9 Å². The highest BCUT2D eigenvalue weighted by Gasteiger charge is 2.15. The van der Waals surface area contributed by atoms with E-state index in [9.17, 15) is 4.79 Å². The van der Waals surface area contributed by atoms with E-state index in [0.29, 0.717) is 30.2 Å². The van der Waals surface area contributed by atoms with Gasteiger partial charge in [0.25, 0.3) is 0 Å². The lowest BCUT2D eigenvalue weighted by Crippen LogP contribution is -2.06. The number of hydrogen-bond acceptors (Lipinski definition) is 6. The lowest BCUT2D eigenvalue weighted by Gasteiger charge is -2.11. The summed E-state index contributed by atoms with van der Waals surface area (Å²) in [6.45, 7) is 4.74.